The van der Waals surface area contributed by atoms with Crippen LogP contribution in [-0.2, 0) is 14.3 Å². The van der Waals surface area contributed by atoms with E-state index in [0.29, 0.717) is 32.6 Å². The fourth-order valence-electron chi connectivity index (χ4n) is 3.85. The van der Waals surface area contributed by atoms with Gasteiger partial charge in [0.1, 0.15) is 29.3 Å². The lowest BCUT2D eigenvalue weighted by molar-refractivity contribution is -0.151. The van der Waals surface area contributed by atoms with Gasteiger partial charge < -0.3 is 30.4 Å². The van der Waals surface area contributed by atoms with Gasteiger partial charge in [0.05, 0.1) is 11.1 Å². The molecule has 226 valence electrons. The highest BCUT2D eigenvalue weighted by Gasteiger charge is 2.34. The van der Waals surface area contributed by atoms with E-state index in [-0.39, 0.29) is 18.3 Å². The fourth-order valence-corrected chi connectivity index (χ4v) is 4.26. The summed E-state index contributed by atoms with van der Waals surface area (Å²) in [6.07, 6.45) is 2.47. The van der Waals surface area contributed by atoms with Gasteiger partial charge in [-0.2, -0.15) is 0 Å². The number of amides is 2. The second kappa shape index (κ2) is 13.5. The van der Waals surface area contributed by atoms with Crippen molar-refractivity contribution in [1.29, 1.82) is 0 Å². The van der Waals surface area contributed by atoms with Crippen LogP contribution in [0.3, 0.4) is 0 Å². The Hall–Kier alpha value is -3.76. The van der Waals surface area contributed by atoms with E-state index in [4.69, 9.17) is 32.7 Å². The summed E-state index contributed by atoms with van der Waals surface area (Å²) in [6, 6.07) is 9.76. The van der Waals surface area contributed by atoms with Gasteiger partial charge in [0, 0.05) is 34.6 Å². The van der Waals surface area contributed by atoms with Crippen molar-refractivity contribution in [1.82, 2.24) is 20.6 Å². The maximum atomic E-state index is 13.3. The van der Waals surface area contributed by atoms with Gasteiger partial charge in [0.2, 0.25) is 0 Å². The largest absolute Gasteiger partial charge is 0.461 e. The van der Waals surface area contributed by atoms with E-state index >= 15 is 0 Å². The molecule has 42 heavy (non-hydrogen) atoms. The average Bonchev–Trinajstić information content (AvgIpc) is 3.36. The third-order valence-electron chi connectivity index (χ3n) is 5.79. The van der Waals surface area contributed by atoms with Gasteiger partial charge in [0.25, 0.3) is 5.91 Å². The Morgan fingerprint density at radius 1 is 1.05 bits per heavy atom. The minimum absolute atomic E-state index is 0.176. The number of nitrogens with zero attached hydrogens (tertiary/aromatic N) is 1. The Kier molecular flexibility index (Phi) is 10.5. The number of esters is 1. The summed E-state index contributed by atoms with van der Waals surface area (Å²) in [4.78, 5) is 45.8. The molecule has 0 bridgehead atoms. The summed E-state index contributed by atoms with van der Waals surface area (Å²) in [5.74, 6) is -0.502. The molecule has 0 aliphatic heterocycles. The number of hydrogen-bond donors (Lipinski definition) is 4. The molecule has 0 saturated carbocycles. The molecule has 0 fully saturated rings. The Labute approximate surface area is 255 Å². The number of ether oxygens (including phenoxy) is 2. The monoisotopic (exact) mass is 617 g/mol. The molecule has 4 N–H and O–H groups in total. The molecular formula is C30H37Cl2N5O5. The molecule has 2 amide bonds. The zero-order valence-electron chi connectivity index (χ0n) is 24.7. The van der Waals surface area contributed by atoms with Crippen LogP contribution in [0.1, 0.15) is 70.6 Å². The van der Waals surface area contributed by atoms with Gasteiger partial charge in [-0.15, -0.1) is 0 Å². The lowest BCUT2D eigenvalue weighted by atomic mass is 10.1. The van der Waals surface area contributed by atoms with E-state index in [9.17, 15) is 14.4 Å². The van der Waals surface area contributed by atoms with Crippen LogP contribution in [0.25, 0.3) is 11.1 Å². The highest BCUT2D eigenvalue weighted by molar-refractivity contribution is 6.33. The molecule has 0 spiro atoms. The lowest BCUT2D eigenvalue weighted by Gasteiger charge is -2.28. The number of alkyl carbamates (subject to hydrolysis) is 1. The van der Waals surface area contributed by atoms with Gasteiger partial charge in [-0.05, 0) is 78.3 Å². The maximum Gasteiger partial charge on any atom is 0.408 e. The molecule has 0 saturated heterocycles. The van der Waals surface area contributed by atoms with Crippen LogP contribution in [-0.4, -0.2) is 51.7 Å². The number of hydrogen-bond acceptors (Lipinski definition) is 7. The van der Waals surface area contributed by atoms with Crippen molar-refractivity contribution in [3.05, 3.63) is 70.1 Å². The van der Waals surface area contributed by atoms with E-state index in [1.165, 1.54) is 13.8 Å². The molecule has 2 heterocycles. The van der Waals surface area contributed by atoms with Crippen molar-refractivity contribution in [2.45, 2.75) is 71.7 Å². The number of H-pyrrole nitrogens is 1. The Morgan fingerprint density at radius 2 is 1.76 bits per heavy atom. The molecule has 0 aliphatic rings. The number of aromatic nitrogens is 2. The van der Waals surface area contributed by atoms with Crippen LogP contribution in [0.5, 0.6) is 0 Å². The van der Waals surface area contributed by atoms with Crippen LogP contribution in [0.4, 0.5) is 10.6 Å². The number of nitrogens with one attached hydrogen (secondary N) is 4. The summed E-state index contributed by atoms with van der Waals surface area (Å²) >= 11 is 12.6. The normalized spacial score (nSPS) is 12.4. The first-order chi connectivity index (χ1) is 19.5. The van der Waals surface area contributed by atoms with Gasteiger partial charge in [-0.25, -0.2) is 14.6 Å². The lowest BCUT2D eigenvalue weighted by Crippen LogP contribution is -2.52. The van der Waals surface area contributed by atoms with Crippen molar-refractivity contribution < 1.29 is 23.9 Å². The maximum absolute atomic E-state index is 13.3. The molecular weight excluding hydrogens is 581 g/mol. The summed E-state index contributed by atoms with van der Waals surface area (Å²) < 4.78 is 10.8. The molecule has 1 aromatic carbocycles. The number of halogens is 2. The van der Waals surface area contributed by atoms with Crippen LogP contribution in [0.2, 0.25) is 10.0 Å². The molecule has 1 atom stereocenters. The smallest absolute Gasteiger partial charge is 0.408 e. The fraction of sp³-hybridized carbons (Fsp3) is 0.400. The molecule has 2 aromatic heterocycles. The van der Waals surface area contributed by atoms with Crippen LogP contribution in [0.15, 0.2) is 48.8 Å². The Balaban J connectivity index is 1.77. The third-order valence-corrected chi connectivity index (χ3v) is 6.33. The van der Waals surface area contributed by atoms with Crippen molar-refractivity contribution in [2.24, 2.45) is 0 Å². The van der Waals surface area contributed by atoms with Gasteiger partial charge >= 0.3 is 12.1 Å². The minimum Gasteiger partial charge on any atom is -0.461 e. The number of pyridine rings is 1. The number of benzene rings is 1. The summed E-state index contributed by atoms with van der Waals surface area (Å²) in [5, 5.41) is 9.53. The highest BCUT2D eigenvalue weighted by Crippen LogP contribution is 2.30. The van der Waals surface area contributed by atoms with Crippen LogP contribution >= 0.6 is 23.2 Å². The number of aromatic amines is 1. The van der Waals surface area contributed by atoms with Crippen LogP contribution in [0, 0.1) is 0 Å². The summed E-state index contributed by atoms with van der Waals surface area (Å²) in [6.45, 7) is 11.9. The topological polar surface area (TPSA) is 134 Å². The standard InChI is InChI=1S/C30H37Cl2N5O5/c1-17(2)35-25-13-21(22(32)15-34-25)19-12-23(33-14-19)26(38)36-24(18-9-8-10-20(31)11-18)16-41-27(39)30(6,7)37-28(40)42-29(3,4)5/h8-15,17,24,33H,16H2,1-7H3,(H,34,35)(H,36,38)(H,37,40)/t24-/m1/s1. The first-order valence-corrected chi connectivity index (χ1v) is 14.2. The average molecular weight is 619 g/mol. The number of rotatable bonds is 10. The van der Waals surface area contributed by atoms with E-state index in [0.717, 1.165) is 0 Å². The van der Waals surface area contributed by atoms with Gasteiger partial charge in [-0.3, -0.25) is 4.79 Å². The molecule has 0 unspecified atom stereocenters. The van der Waals surface area contributed by atoms with E-state index in [1.807, 2.05) is 19.9 Å². The minimum atomic E-state index is -1.40. The second-order valence-electron chi connectivity index (χ2n) is 11.6. The molecule has 10 nitrogen and oxygen atoms in total. The highest BCUT2D eigenvalue weighted by atomic mass is 35.5. The van der Waals surface area contributed by atoms with Crippen LogP contribution < -0.4 is 16.0 Å². The van der Waals surface area contributed by atoms with Gasteiger partial charge in [-0.1, -0.05) is 35.3 Å². The molecule has 3 rings (SSSR count). The predicted molar refractivity (Wildman–Crippen MR) is 164 cm³/mol. The Bertz CT molecular complexity index is 1430. The first kappa shape index (κ1) is 32.8. The van der Waals surface area contributed by atoms with Crippen molar-refractivity contribution in [3.63, 3.8) is 0 Å². The van der Waals surface area contributed by atoms with E-state index < -0.39 is 35.2 Å². The van der Waals surface area contributed by atoms with Gasteiger partial charge in [0.15, 0.2) is 0 Å². The predicted octanol–water partition coefficient (Wildman–Crippen LogP) is 6.52. The number of carbonyl (C=O) groups is 3. The number of anilines is 1. The van der Waals surface area contributed by atoms with Crippen molar-refractivity contribution >= 4 is 47.0 Å². The first-order valence-electron chi connectivity index (χ1n) is 13.4. The Morgan fingerprint density at radius 3 is 2.40 bits per heavy atom. The zero-order valence-corrected chi connectivity index (χ0v) is 26.2. The van der Waals surface area contributed by atoms with E-state index in [2.05, 4.69) is 25.9 Å². The molecule has 0 radical (unpaired) electrons. The summed E-state index contributed by atoms with van der Waals surface area (Å²) in [5.41, 5.74) is 0.147. The zero-order chi connectivity index (χ0) is 31.2. The third kappa shape index (κ3) is 9.39. The van der Waals surface area contributed by atoms with Crippen molar-refractivity contribution in [3.8, 4) is 11.1 Å². The molecule has 3 aromatic rings. The quantitative estimate of drug-likeness (QED) is 0.190. The molecule has 12 heteroatoms. The van der Waals surface area contributed by atoms with Crippen molar-refractivity contribution in [2.75, 3.05) is 11.9 Å². The number of carbonyl (C=O) groups excluding carboxylic acids is 3. The summed E-state index contributed by atoms with van der Waals surface area (Å²) in [7, 11) is 0. The SMILES string of the molecule is CC(C)Nc1cc(-c2c[nH]c(C(=O)N[C@H](COC(=O)C(C)(C)NC(=O)OC(C)(C)C)c3cccc(Cl)c3)c2)c(Cl)cn1. The molecule has 0 aliphatic carbocycles. The van der Waals surface area contributed by atoms with E-state index in [1.54, 1.807) is 63.5 Å². The second-order valence-corrected chi connectivity index (χ2v) is 12.4.